The number of aliphatic carboxylic acids is 2. The Bertz CT molecular complexity index is 1060. The molecule has 0 unspecified atom stereocenters. The minimum Gasteiger partial charge on any atom is -0.475 e. The summed E-state index contributed by atoms with van der Waals surface area (Å²) in [5.74, 6) is -5.99. The number of halogens is 7. The summed E-state index contributed by atoms with van der Waals surface area (Å²) in [6, 6.07) is 10.3. The second-order valence-electron chi connectivity index (χ2n) is 8.06. The maximum Gasteiger partial charge on any atom is 0.490 e. The second kappa shape index (κ2) is 13.7. The molecule has 1 saturated heterocycles. The van der Waals surface area contributed by atoms with Crippen molar-refractivity contribution in [2.45, 2.75) is 37.3 Å². The van der Waals surface area contributed by atoms with E-state index in [-0.39, 0.29) is 23.8 Å². The Morgan fingerprint density at radius 2 is 1.47 bits per heavy atom. The summed E-state index contributed by atoms with van der Waals surface area (Å²) in [6.45, 7) is 0.688. The minimum absolute atomic E-state index is 0.0677. The lowest BCUT2D eigenvalue weighted by molar-refractivity contribution is -0.193. The molecular formula is C23H24F7N3O5. The number of carbonyl (C=O) groups excluding carboxylic acids is 1. The van der Waals surface area contributed by atoms with E-state index in [2.05, 4.69) is 9.88 Å². The first kappa shape index (κ1) is 32.3. The Hall–Kier alpha value is -3.75. The van der Waals surface area contributed by atoms with E-state index in [0.717, 1.165) is 18.4 Å². The number of benzene rings is 1. The highest BCUT2D eigenvalue weighted by Gasteiger charge is 2.39. The predicted octanol–water partition coefficient (Wildman–Crippen LogP) is 3.87. The molecule has 0 spiro atoms. The topological polar surface area (TPSA) is 111 Å². The smallest absolute Gasteiger partial charge is 0.475 e. The number of alkyl halides is 6. The van der Waals surface area contributed by atoms with E-state index in [1.807, 2.05) is 31.1 Å². The van der Waals surface area contributed by atoms with Crippen LogP contribution in [0.5, 0.6) is 0 Å². The van der Waals surface area contributed by atoms with Gasteiger partial charge in [0, 0.05) is 30.5 Å². The zero-order valence-corrected chi connectivity index (χ0v) is 20.0. The average Bonchev–Trinajstić information content (AvgIpc) is 3.22. The number of hydrogen-bond donors (Lipinski definition) is 2. The first-order valence-electron chi connectivity index (χ1n) is 10.7. The van der Waals surface area contributed by atoms with Crippen LogP contribution in [0.4, 0.5) is 30.7 Å². The Balaban J connectivity index is 0.000000426. The molecule has 1 aromatic heterocycles. The highest BCUT2D eigenvalue weighted by molar-refractivity contribution is 5.94. The van der Waals surface area contributed by atoms with Gasteiger partial charge in [-0.15, -0.1) is 0 Å². The van der Waals surface area contributed by atoms with Crippen LogP contribution in [-0.2, 0) is 16.0 Å². The maximum atomic E-state index is 13.5. The molecule has 1 aliphatic rings. The average molecular weight is 555 g/mol. The van der Waals surface area contributed by atoms with Crippen molar-refractivity contribution in [3.05, 3.63) is 65.7 Å². The van der Waals surface area contributed by atoms with Gasteiger partial charge >= 0.3 is 24.3 Å². The molecule has 0 radical (unpaired) electrons. The number of hydrogen-bond acceptors (Lipinski definition) is 5. The number of rotatable bonds is 4. The van der Waals surface area contributed by atoms with Crippen molar-refractivity contribution >= 4 is 17.8 Å². The Labute approximate surface area is 212 Å². The van der Waals surface area contributed by atoms with Crippen LogP contribution in [0.25, 0.3) is 0 Å². The number of likely N-dealkylation sites (tertiary alicyclic amines) is 1. The van der Waals surface area contributed by atoms with Gasteiger partial charge in [0.25, 0.3) is 5.91 Å². The number of aromatic nitrogens is 1. The molecule has 2 atom stereocenters. The van der Waals surface area contributed by atoms with E-state index in [4.69, 9.17) is 19.8 Å². The normalized spacial score (nSPS) is 17.2. The highest BCUT2D eigenvalue weighted by Crippen LogP contribution is 2.26. The van der Waals surface area contributed by atoms with Crippen molar-refractivity contribution in [2.75, 3.05) is 20.6 Å². The van der Waals surface area contributed by atoms with Gasteiger partial charge in [-0.3, -0.25) is 9.78 Å². The van der Waals surface area contributed by atoms with Gasteiger partial charge in [0.05, 0.1) is 6.04 Å². The largest absolute Gasteiger partial charge is 0.490 e. The molecule has 38 heavy (non-hydrogen) atoms. The molecule has 8 nitrogen and oxygen atoms in total. The van der Waals surface area contributed by atoms with Crippen LogP contribution in [-0.4, -0.2) is 87.9 Å². The number of pyridine rings is 1. The van der Waals surface area contributed by atoms with Crippen LogP contribution < -0.4 is 0 Å². The van der Waals surface area contributed by atoms with Gasteiger partial charge in [0.15, 0.2) is 0 Å². The molecular weight excluding hydrogens is 531 g/mol. The molecule has 210 valence electrons. The van der Waals surface area contributed by atoms with E-state index < -0.39 is 24.3 Å². The molecule has 1 aromatic carbocycles. The third-order valence-corrected chi connectivity index (χ3v) is 5.19. The molecule has 2 heterocycles. The quantitative estimate of drug-likeness (QED) is 0.551. The molecule has 2 aromatic rings. The van der Waals surface area contributed by atoms with Crippen molar-refractivity contribution in [3.63, 3.8) is 0 Å². The molecule has 1 fully saturated rings. The second-order valence-corrected chi connectivity index (χ2v) is 8.06. The Morgan fingerprint density at radius 3 is 1.89 bits per heavy atom. The van der Waals surface area contributed by atoms with Crippen molar-refractivity contribution in [2.24, 2.45) is 0 Å². The number of carbonyl (C=O) groups is 3. The standard InChI is InChI=1S/C19H22FN3O.2C2HF3O2/c1-22(2)17-8-11-23(18(17)12-14-6-9-21-10-7-14)19(24)15-4-3-5-16(20)13-15;2*3-2(4,5)1(6)7/h3-7,9-10,13,17-18H,8,11-12H2,1-2H3;2*(H,6,7)/t17-,18+;;/m1../s1. The summed E-state index contributed by atoms with van der Waals surface area (Å²) in [5.41, 5.74) is 1.56. The zero-order valence-electron chi connectivity index (χ0n) is 20.0. The van der Waals surface area contributed by atoms with Crippen LogP contribution in [0.3, 0.4) is 0 Å². The Kier molecular flexibility index (Phi) is 11.6. The fraction of sp³-hybridized carbons (Fsp3) is 0.391. The van der Waals surface area contributed by atoms with Crippen LogP contribution in [0, 0.1) is 5.82 Å². The van der Waals surface area contributed by atoms with Crippen molar-refractivity contribution in [1.29, 1.82) is 0 Å². The van der Waals surface area contributed by atoms with Crippen molar-refractivity contribution in [3.8, 4) is 0 Å². The third kappa shape index (κ3) is 10.3. The lowest BCUT2D eigenvalue weighted by Crippen LogP contribution is -2.45. The number of likely N-dealkylation sites (N-methyl/N-ethyl adjacent to an activating group) is 1. The SMILES string of the molecule is CN(C)[C@@H]1CCN(C(=O)c2cccc(F)c2)[C@H]1Cc1ccncc1.O=C(O)C(F)(F)F.O=C(O)C(F)(F)F. The summed E-state index contributed by atoms with van der Waals surface area (Å²) >= 11 is 0. The molecule has 1 aliphatic heterocycles. The van der Waals surface area contributed by atoms with E-state index in [1.165, 1.54) is 12.1 Å². The predicted molar refractivity (Wildman–Crippen MR) is 119 cm³/mol. The zero-order chi connectivity index (χ0) is 29.3. The van der Waals surface area contributed by atoms with Crippen LogP contribution in [0.1, 0.15) is 22.3 Å². The van der Waals surface area contributed by atoms with E-state index >= 15 is 0 Å². The van der Waals surface area contributed by atoms with Gasteiger partial charge in [0.2, 0.25) is 0 Å². The summed E-state index contributed by atoms with van der Waals surface area (Å²) < 4.78 is 76.9. The fourth-order valence-corrected chi connectivity index (χ4v) is 3.49. The van der Waals surface area contributed by atoms with E-state index in [9.17, 15) is 35.5 Å². The third-order valence-electron chi connectivity index (χ3n) is 5.19. The minimum atomic E-state index is -5.08. The number of amides is 1. The number of carboxylic acid groups (broad SMARTS) is 2. The van der Waals surface area contributed by atoms with Crippen LogP contribution >= 0.6 is 0 Å². The van der Waals surface area contributed by atoms with Crippen LogP contribution in [0.15, 0.2) is 48.8 Å². The van der Waals surface area contributed by atoms with Crippen molar-refractivity contribution in [1.82, 2.24) is 14.8 Å². The molecule has 0 saturated carbocycles. The molecule has 2 N–H and O–H groups in total. The fourth-order valence-electron chi connectivity index (χ4n) is 3.49. The highest BCUT2D eigenvalue weighted by atomic mass is 19.4. The van der Waals surface area contributed by atoms with Crippen molar-refractivity contribution < 1.29 is 55.3 Å². The summed E-state index contributed by atoms with van der Waals surface area (Å²) in [7, 11) is 4.08. The van der Waals surface area contributed by atoms with Gasteiger partial charge in [-0.1, -0.05) is 6.07 Å². The van der Waals surface area contributed by atoms with Gasteiger partial charge in [-0.05, 0) is 62.8 Å². The lowest BCUT2D eigenvalue weighted by Gasteiger charge is -2.31. The molecule has 0 bridgehead atoms. The molecule has 15 heteroatoms. The van der Waals surface area contributed by atoms with E-state index in [0.29, 0.717) is 12.1 Å². The van der Waals surface area contributed by atoms with Gasteiger partial charge in [-0.25, -0.2) is 14.0 Å². The monoisotopic (exact) mass is 555 g/mol. The van der Waals surface area contributed by atoms with Crippen LogP contribution in [0.2, 0.25) is 0 Å². The molecule has 3 rings (SSSR count). The lowest BCUT2D eigenvalue weighted by atomic mass is 9.99. The first-order valence-corrected chi connectivity index (χ1v) is 10.7. The molecule has 1 amide bonds. The number of carboxylic acids is 2. The van der Waals surface area contributed by atoms with Gasteiger partial charge < -0.3 is 20.0 Å². The summed E-state index contributed by atoms with van der Waals surface area (Å²) in [5, 5.41) is 14.2. The summed E-state index contributed by atoms with van der Waals surface area (Å²) in [6.07, 6.45) is -4.93. The summed E-state index contributed by atoms with van der Waals surface area (Å²) in [4.78, 5) is 38.8. The van der Waals surface area contributed by atoms with E-state index in [1.54, 1.807) is 24.5 Å². The Morgan fingerprint density at radius 1 is 0.974 bits per heavy atom. The first-order chi connectivity index (χ1) is 17.4. The van der Waals surface area contributed by atoms with Gasteiger partial charge in [0.1, 0.15) is 5.82 Å². The van der Waals surface area contributed by atoms with Gasteiger partial charge in [-0.2, -0.15) is 26.3 Å². The maximum absolute atomic E-state index is 13.5. The molecule has 0 aliphatic carbocycles. The number of nitrogens with zero attached hydrogens (tertiary/aromatic N) is 3.